The van der Waals surface area contributed by atoms with Gasteiger partial charge in [0.1, 0.15) is 36.4 Å². The van der Waals surface area contributed by atoms with Crippen molar-refractivity contribution in [3.8, 4) is 11.5 Å². The number of benzene rings is 4. The maximum atomic E-state index is 7.46. The molecular formula is C36H44N6O2. The van der Waals surface area contributed by atoms with Crippen molar-refractivity contribution in [2.75, 3.05) is 13.1 Å². The molecule has 44 heavy (non-hydrogen) atoms. The summed E-state index contributed by atoms with van der Waals surface area (Å²) in [6.45, 7) is 4.79. The van der Waals surface area contributed by atoms with Gasteiger partial charge in [0.05, 0.1) is 0 Å². The van der Waals surface area contributed by atoms with Gasteiger partial charge in [-0.25, -0.2) is 0 Å². The Balaban J connectivity index is 0.988. The number of nitrogens with two attached hydrogens (primary N) is 2. The SMILES string of the molecule is N=C(N)c1ccc(OCc2ccc(CNCCCCCCNCc3ccc(COc4ccc(C(=N)N)cc4)cc3)cc2)cc1. The van der Waals surface area contributed by atoms with Gasteiger partial charge >= 0.3 is 0 Å². The van der Waals surface area contributed by atoms with E-state index in [9.17, 15) is 0 Å². The molecule has 0 aliphatic heterocycles. The van der Waals surface area contributed by atoms with Crippen molar-refractivity contribution < 1.29 is 9.47 Å². The van der Waals surface area contributed by atoms with Crippen LogP contribution in [0.4, 0.5) is 0 Å². The molecule has 4 aromatic rings. The number of hydrogen-bond acceptors (Lipinski definition) is 6. The molecule has 0 heterocycles. The van der Waals surface area contributed by atoms with Gasteiger partial charge in [-0.05, 0) is 96.7 Å². The summed E-state index contributed by atoms with van der Waals surface area (Å²) in [5.74, 6) is 1.65. The maximum Gasteiger partial charge on any atom is 0.122 e. The minimum atomic E-state index is 0.0587. The van der Waals surface area contributed by atoms with Gasteiger partial charge in [0.2, 0.25) is 0 Å². The Kier molecular flexibility index (Phi) is 12.8. The Morgan fingerprint density at radius 1 is 0.477 bits per heavy atom. The number of rotatable bonds is 19. The highest BCUT2D eigenvalue weighted by Crippen LogP contribution is 2.16. The van der Waals surface area contributed by atoms with Crippen molar-refractivity contribution in [3.05, 3.63) is 130 Å². The molecule has 8 nitrogen and oxygen atoms in total. The fourth-order valence-electron chi connectivity index (χ4n) is 4.62. The number of ether oxygens (including phenoxy) is 2. The van der Waals surface area contributed by atoms with Gasteiger partial charge in [-0.1, -0.05) is 61.4 Å². The van der Waals surface area contributed by atoms with Gasteiger partial charge < -0.3 is 31.6 Å². The van der Waals surface area contributed by atoms with Gasteiger partial charge in [0, 0.05) is 24.2 Å². The Bertz CT molecular complexity index is 1320. The van der Waals surface area contributed by atoms with Crippen molar-refractivity contribution in [2.24, 2.45) is 11.5 Å². The summed E-state index contributed by atoms with van der Waals surface area (Å²) in [6, 6.07) is 31.6. The number of nitrogen functional groups attached to an aromatic ring is 2. The van der Waals surface area contributed by atoms with E-state index in [1.807, 2.05) is 24.3 Å². The second kappa shape index (κ2) is 17.5. The van der Waals surface area contributed by atoms with Gasteiger partial charge in [0.15, 0.2) is 0 Å². The van der Waals surface area contributed by atoms with Crippen molar-refractivity contribution in [1.82, 2.24) is 10.6 Å². The largest absolute Gasteiger partial charge is 0.489 e. The Morgan fingerprint density at radius 3 is 1.16 bits per heavy atom. The fourth-order valence-corrected chi connectivity index (χ4v) is 4.62. The third kappa shape index (κ3) is 11.2. The van der Waals surface area contributed by atoms with E-state index in [2.05, 4.69) is 59.2 Å². The van der Waals surface area contributed by atoms with Crippen LogP contribution in [-0.2, 0) is 26.3 Å². The predicted molar refractivity (Wildman–Crippen MR) is 178 cm³/mol. The average Bonchev–Trinajstić information content (AvgIpc) is 3.05. The van der Waals surface area contributed by atoms with Crippen LogP contribution < -0.4 is 31.6 Å². The van der Waals surface area contributed by atoms with Crippen LogP contribution in [0.1, 0.15) is 59.1 Å². The highest BCUT2D eigenvalue weighted by molar-refractivity contribution is 5.95. The molecule has 0 fully saturated rings. The Morgan fingerprint density at radius 2 is 0.818 bits per heavy atom. The smallest absolute Gasteiger partial charge is 0.122 e. The van der Waals surface area contributed by atoms with E-state index in [0.29, 0.717) is 24.3 Å². The van der Waals surface area contributed by atoms with E-state index in [1.165, 1.54) is 36.8 Å². The quantitative estimate of drug-likeness (QED) is 0.0458. The molecule has 0 saturated carbocycles. The standard InChI is InChI=1S/C36H44N6O2/c37-35(38)31-13-17-33(18-14-31)43-25-29-9-5-27(6-10-29)23-41-21-3-1-2-4-22-42-24-28-7-11-30(12-8-28)26-44-34-19-15-32(16-20-34)36(39)40/h5-20,41-42H,1-4,21-26H2,(H3,37,38)(H3,39,40). The summed E-state index contributed by atoms with van der Waals surface area (Å²) in [5, 5.41) is 22.0. The van der Waals surface area contributed by atoms with E-state index in [1.54, 1.807) is 24.3 Å². The first-order chi connectivity index (χ1) is 21.5. The summed E-state index contributed by atoms with van der Waals surface area (Å²) < 4.78 is 11.7. The molecule has 8 N–H and O–H groups in total. The molecule has 4 rings (SSSR count). The summed E-state index contributed by atoms with van der Waals surface area (Å²) in [6.07, 6.45) is 4.81. The summed E-state index contributed by atoms with van der Waals surface area (Å²) >= 11 is 0. The number of nitrogens with one attached hydrogen (secondary N) is 4. The van der Waals surface area contributed by atoms with Crippen LogP contribution >= 0.6 is 0 Å². The summed E-state index contributed by atoms with van der Waals surface area (Å²) in [7, 11) is 0. The van der Waals surface area contributed by atoms with Crippen LogP contribution in [0.25, 0.3) is 0 Å². The molecule has 0 aromatic heterocycles. The van der Waals surface area contributed by atoms with Crippen molar-refractivity contribution >= 4 is 11.7 Å². The van der Waals surface area contributed by atoms with Crippen LogP contribution in [0.2, 0.25) is 0 Å². The molecule has 4 aromatic carbocycles. The predicted octanol–water partition coefficient (Wildman–Crippen LogP) is 5.85. The molecule has 0 saturated heterocycles. The van der Waals surface area contributed by atoms with Gasteiger partial charge in [0.25, 0.3) is 0 Å². The lowest BCUT2D eigenvalue weighted by Crippen LogP contribution is -2.16. The third-order valence-corrected chi connectivity index (χ3v) is 7.30. The first kappa shape index (κ1) is 32.3. The lowest BCUT2D eigenvalue weighted by Gasteiger charge is -2.09. The molecule has 0 atom stereocenters. The summed E-state index contributed by atoms with van der Waals surface area (Å²) in [5.41, 5.74) is 17.2. The highest BCUT2D eigenvalue weighted by Gasteiger charge is 2.02. The first-order valence-corrected chi connectivity index (χ1v) is 15.2. The molecule has 0 unspecified atom stereocenters. The topological polar surface area (TPSA) is 142 Å². The molecule has 0 aliphatic rings. The Labute approximate surface area is 260 Å². The van der Waals surface area contributed by atoms with Crippen molar-refractivity contribution in [2.45, 2.75) is 52.0 Å². The second-order valence-electron chi connectivity index (χ2n) is 10.9. The van der Waals surface area contributed by atoms with Gasteiger partial charge in [-0.15, -0.1) is 0 Å². The zero-order valence-corrected chi connectivity index (χ0v) is 25.3. The van der Waals surface area contributed by atoms with Crippen molar-refractivity contribution in [3.63, 3.8) is 0 Å². The van der Waals surface area contributed by atoms with Crippen LogP contribution in [0.3, 0.4) is 0 Å². The summed E-state index contributed by atoms with van der Waals surface area (Å²) in [4.78, 5) is 0. The molecule has 0 aliphatic carbocycles. The van der Waals surface area contributed by atoms with E-state index in [-0.39, 0.29) is 11.7 Å². The molecule has 8 heteroatoms. The van der Waals surface area contributed by atoms with E-state index in [4.69, 9.17) is 31.8 Å². The van der Waals surface area contributed by atoms with Gasteiger partial charge in [-0.2, -0.15) is 0 Å². The van der Waals surface area contributed by atoms with E-state index < -0.39 is 0 Å². The zero-order chi connectivity index (χ0) is 31.0. The lowest BCUT2D eigenvalue weighted by atomic mass is 10.1. The number of hydrogen-bond donors (Lipinski definition) is 6. The van der Waals surface area contributed by atoms with Crippen LogP contribution in [0.15, 0.2) is 97.1 Å². The van der Waals surface area contributed by atoms with E-state index in [0.717, 1.165) is 48.8 Å². The molecule has 0 spiro atoms. The highest BCUT2D eigenvalue weighted by atomic mass is 16.5. The minimum absolute atomic E-state index is 0.0587. The second-order valence-corrected chi connectivity index (χ2v) is 10.9. The zero-order valence-electron chi connectivity index (χ0n) is 25.3. The number of amidine groups is 2. The van der Waals surface area contributed by atoms with Crippen LogP contribution in [-0.4, -0.2) is 24.8 Å². The normalized spacial score (nSPS) is 10.8. The minimum Gasteiger partial charge on any atom is -0.489 e. The first-order valence-electron chi connectivity index (χ1n) is 15.2. The number of unbranched alkanes of at least 4 members (excludes halogenated alkanes) is 3. The average molecular weight is 593 g/mol. The van der Waals surface area contributed by atoms with Crippen LogP contribution in [0, 0.1) is 10.8 Å². The van der Waals surface area contributed by atoms with Crippen molar-refractivity contribution in [1.29, 1.82) is 10.8 Å². The molecule has 0 amide bonds. The van der Waals surface area contributed by atoms with E-state index >= 15 is 0 Å². The molecular weight excluding hydrogens is 548 g/mol. The Hall–Kier alpha value is -4.66. The monoisotopic (exact) mass is 592 g/mol. The lowest BCUT2D eigenvalue weighted by molar-refractivity contribution is 0.306. The molecule has 0 bridgehead atoms. The molecule has 230 valence electrons. The van der Waals surface area contributed by atoms with Crippen LogP contribution in [0.5, 0.6) is 11.5 Å². The maximum absolute atomic E-state index is 7.46. The third-order valence-electron chi connectivity index (χ3n) is 7.30. The van der Waals surface area contributed by atoms with Gasteiger partial charge in [-0.3, -0.25) is 10.8 Å². The fraction of sp³-hybridized carbons (Fsp3) is 0.278. The molecule has 0 radical (unpaired) electrons.